The molecule has 0 spiro atoms. The number of amides is 1. The van der Waals surface area contributed by atoms with Crippen molar-refractivity contribution in [3.05, 3.63) is 76.6 Å². The normalized spacial score (nSPS) is 15.9. The van der Waals surface area contributed by atoms with Crippen LogP contribution in [0.4, 0.5) is 0 Å². The molecule has 1 aromatic heterocycles. The predicted molar refractivity (Wildman–Crippen MR) is 114 cm³/mol. The minimum Gasteiger partial charge on any atom is -0.345 e. The van der Waals surface area contributed by atoms with Gasteiger partial charge in [-0.2, -0.15) is 5.10 Å². The Balaban J connectivity index is 1.63. The van der Waals surface area contributed by atoms with E-state index >= 15 is 0 Å². The number of hydrogen-bond donors (Lipinski definition) is 1. The molecule has 0 radical (unpaired) electrons. The van der Waals surface area contributed by atoms with Crippen LogP contribution in [0.1, 0.15) is 51.6 Å². The molecule has 0 saturated heterocycles. The SMILES string of the molecule is CSc1ccccc1C(=O)N[C@@H]1CCCc2c1cnn2-c1cc(C)cc(C)c1. The molecule has 1 amide bonds. The van der Waals surface area contributed by atoms with Gasteiger partial charge in [-0.05, 0) is 74.8 Å². The first-order valence-corrected chi connectivity index (χ1v) is 10.9. The molecule has 3 aromatic rings. The molecule has 0 aliphatic heterocycles. The molecule has 0 bridgehead atoms. The van der Waals surface area contributed by atoms with Crippen molar-refractivity contribution in [3.8, 4) is 5.69 Å². The van der Waals surface area contributed by atoms with Crippen LogP contribution < -0.4 is 5.32 Å². The van der Waals surface area contributed by atoms with E-state index in [1.54, 1.807) is 11.8 Å². The fraction of sp³-hybridized carbons (Fsp3) is 0.304. The summed E-state index contributed by atoms with van der Waals surface area (Å²) >= 11 is 1.60. The van der Waals surface area contributed by atoms with E-state index in [2.05, 4.69) is 42.5 Å². The Morgan fingerprint density at radius 2 is 1.93 bits per heavy atom. The molecule has 4 nitrogen and oxygen atoms in total. The predicted octanol–water partition coefficient (Wildman–Crippen LogP) is 5.02. The van der Waals surface area contributed by atoms with Gasteiger partial charge in [0.1, 0.15) is 0 Å². The standard InChI is InChI=1S/C23H25N3OS/c1-15-11-16(2)13-17(12-15)26-21-9-6-8-20(19(21)14-24-26)25-23(27)18-7-4-5-10-22(18)28-3/h4-5,7,10-14,20H,6,8-9H2,1-3H3,(H,25,27)/t20-/m1/s1. The maximum atomic E-state index is 12.9. The molecule has 1 atom stereocenters. The largest absolute Gasteiger partial charge is 0.345 e. The summed E-state index contributed by atoms with van der Waals surface area (Å²) in [6, 6.07) is 14.3. The first-order chi connectivity index (χ1) is 13.6. The minimum atomic E-state index is -0.0121. The zero-order chi connectivity index (χ0) is 19.7. The van der Waals surface area contributed by atoms with Gasteiger partial charge in [0.25, 0.3) is 5.91 Å². The van der Waals surface area contributed by atoms with Crippen molar-refractivity contribution in [2.45, 2.75) is 44.0 Å². The van der Waals surface area contributed by atoms with Gasteiger partial charge >= 0.3 is 0 Å². The van der Waals surface area contributed by atoms with Crippen molar-refractivity contribution >= 4 is 17.7 Å². The lowest BCUT2D eigenvalue weighted by Crippen LogP contribution is -2.31. The van der Waals surface area contributed by atoms with Crippen LogP contribution in [0.2, 0.25) is 0 Å². The van der Waals surface area contributed by atoms with Crippen LogP contribution in [0.3, 0.4) is 0 Å². The molecule has 4 rings (SSSR count). The summed E-state index contributed by atoms with van der Waals surface area (Å²) in [6.07, 6.45) is 6.89. The number of aryl methyl sites for hydroxylation is 2. The topological polar surface area (TPSA) is 46.9 Å². The van der Waals surface area contributed by atoms with Crippen LogP contribution >= 0.6 is 11.8 Å². The molecule has 1 aliphatic rings. The third-order valence-corrected chi connectivity index (χ3v) is 6.09. The molecule has 0 fully saturated rings. The fourth-order valence-corrected chi connectivity index (χ4v) is 4.67. The van der Waals surface area contributed by atoms with Crippen LogP contribution in [0, 0.1) is 13.8 Å². The molecule has 0 unspecified atom stereocenters. The van der Waals surface area contributed by atoms with E-state index in [-0.39, 0.29) is 11.9 Å². The van der Waals surface area contributed by atoms with Gasteiger partial charge in [0.2, 0.25) is 0 Å². The summed E-state index contributed by atoms with van der Waals surface area (Å²) < 4.78 is 2.05. The molecule has 144 valence electrons. The number of nitrogens with one attached hydrogen (secondary N) is 1. The summed E-state index contributed by atoms with van der Waals surface area (Å²) in [4.78, 5) is 13.9. The maximum absolute atomic E-state index is 12.9. The van der Waals surface area contributed by atoms with Gasteiger partial charge in [-0.1, -0.05) is 18.2 Å². The number of benzene rings is 2. The van der Waals surface area contributed by atoms with E-state index in [1.807, 2.05) is 41.4 Å². The lowest BCUT2D eigenvalue weighted by Gasteiger charge is -2.24. The zero-order valence-electron chi connectivity index (χ0n) is 16.5. The summed E-state index contributed by atoms with van der Waals surface area (Å²) in [6.45, 7) is 4.22. The van der Waals surface area contributed by atoms with Gasteiger partial charge in [0, 0.05) is 16.2 Å². The molecule has 2 aromatic carbocycles. The number of nitrogens with zero attached hydrogens (tertiary/aromatic N) is 2. The van der Waals surface area contributed by atoms with Gasteiger partial charge in [0.05, 0.1) is 23.5 Å². The van der Waals surface area contributed by atoms with Gasteiger partial charge < -0.3 is 5.32 Å². The second kappa shape index (κ2) is 7.84. The van der Waals surface area contributed by atoms with Gasteiger partial charge in [-0.3, -0.25) is 4.79 Å². The molecule has 1 N–H and O–H groups in total. The Kier molecular flexibility index (Phi) is 5.27. The first-order valence-electron chi connectivity index (χ1n) is 9.66. The average molecular weight is 392 g/mol. The monoisotopic (exact) mass is 391 g/mol. The quantitative estimate of drug-likeness (QED) is 0.635. The highest BCUT2D eigenvalue weighted by atomic mass is 32.2. The molecule has 5 heteroatoms. The average Bonchev–Trinajstić information content (AvgIpc) is 3.12. The van der Waals surface area contributed by atoms with Crippen molar-refractivity contribution in [2.24, 2.45) is 0 Å². The number of rotatable bonds is 4. The second-order valence-electron chi connectivity index (χ2n) is 7.42. The third kappa shape index (κ3) is 3.59. The number of carbonyl (C=O) groups excluding carboxylic acids is 1. The van der Waals surface area contributed by atoms with Crippen molar-refractivity contribution in [1.82, 2.24) is 15.1 Å². The number of thioether (sulfide) groups is 1. The fourth-order valence-electron chi connectivity index (χ4n) is 4.07. The first kappa shape index (κ1) is 18.8. The van der Waals surface area contributed by atoms with Crippen molar-refractivity contribution in [3.63, 3.8) is 0 Å². The number of hydrogen-bond acceptors (Lipinski definition) is 3. The van der Waals surface area contributed by atoms with Crippen LogP contribution in [-0.4, -0.2) is 21.9 Å². The Bertz CT molecular complexity index is 1000. The van der Waals surface area contributed by atoms with Gasteiger partial charge in [-0.15, -0.1) is 11.8 Å². The molecule has 1 heterocycles. The van der Waals surface area contributed by atoms with Crippen LogP contribution in [0.5, 0.6) is 0 Å². The Labute approximate surface area is 170 Å². The van der Waals surface area contributed by atoms with Crippen LogP contribution in [-0.2, 0) is 6.42 Å². The van der Waals surface area contributed by atoms with Crippen molar-refractivity contribution in [2.75, 3.05) is 6.26 Å². The lowest BCUT2D eigenvalue weighted by atomic mass is 9.92. The molecule has 28 heavy (non-hydrogen) atoms. The molecular weight excluding hydrogens is 366 g/mol. The van der Waals surface area contributed by atoms with E-state index < -0.39 is 0 Å². The molecular formula is C23H25N3OS. The van der Waals surface area contributed by atoms with Gasteiger partial charge in [0.15, 0.2) is 0 Å². The summed E-state index contributed by atoms with van der Waals surface area (Å²) in [7, 11) is 0. The summed E-state index contributed by atoms with van der Waals surface area (Å²) in [5.74, 6) is -0.0121. The number of fused-ring (bicyclic) bond motifs is 1. The highest BCUT2D eigenvalue weighted by Gasteiger charge is 2.27. The van der Waals surface area contributed by atoms with Gasteiger partial charge in [-0.25, -0.2) is 4.68 Å². The number of aromatic nitrogens is 2. The van der Waals surface area contributed by atoms with E-state index in [0.29, 0.717) is 0 Å². The van der Waals surface area contributed by atoms with E-state index in [0.717, 1.165) is 41.0 Å². The molecule has 1 aliphatic carbocycles. The Morgan fingerprint density at radius 3 is 2.68 bits per heavy atom. The van der Waals surface area contributed by atoms with E-state index in [9.17, 15) is 4.79 Å². The highest BCUT2D eigenvalue weighted by Crippen LogP contribution is 2.32. The smallest absolute Gasteiger partial charge is 0.252 e. The van der Waals surface area contributed by atoms with Crippen LogP contribution in [0.25, 0.3) is 5.69 Å². The highest BCUT2D eigenvalue weighted by molar-refractivity contribution is 7.98. The van der Waals surface area contributed by atoms with Crippen molar-refractivity contribution < 1.29 is 4.79 Å². The summed E-state index contributed by atoms with van der Waals surface area (Å²) in [5.41, 5.74) is 6.64. The lowest BCUT2D eigenvalue weighted by molar-refractivity contribution is 0.0929. The van der Waals surface area contributed by atoms with Crippen LogP contribution in [0.15, 0.2) is 53.6 Å². The summed E-state index contributed by atoms with van der Waals surface area (Å²) in [5, 5.41) is 7.92. The minimum absolute atomic E-state index is 0.00539. The maximum Gasteiger partial charge on any atom is 0.252 e. The second-order valence-corrected chi connectivity index (χ2v) is 8.27. The Morgan fingerprint density at radius 1 is 1.18 bits per heavy atom. The van der Waals surface area contributed by atoms with E-state index in [4.69, 9.17) is 0 Å². The zero-order valence-corrected chi connectivity index (χ0v) is 17.3. The third-order valence-electron chi connectivity index (χ3n) is 5.29. The Hall–Kier alpha value is -2.53. The van der Waals surface area contributed by atoms with E-state index in [1.165, 1.54) is 16.8 Å². The number of carbonyl (C=O) groups is 1. The molecule has 0 saturated carbocycles. The van der Waals surface area contributed by atoms with Crippen molar-refractivity contribution in [1.29, 1.82) is 0 Å².